The molecule has 5 nitrogen and oxygen atoms in total. The van der Waals surface area contributed by atoms with Crippen LogP contribution >= 0.6 is 11.8 Å². The lowest BCUT2D eigenvalue weighted by atomic mass is 10.2. The topological polar surface area (TPSA) is 63.5 Å². The first-order valence-electron chi connectivity index (χ1n) is 7.96. The largest absolute Gasteiger partial charge is 0.334 e. The zero-order chi connectivity index (χ0) is 19.1. The normalized spacial score (nSPS) is 11.6. The Labute approximate surface area is 155 Å². The van der Waals surface area contributed by atoms with Crippen molar-refractivity contribution in [1.29, 1.82) is 0 Å². The molecule has 2 aromatic rings. The molecule has 0 radical (unpaired) electrons. The van der Waals surface area contributed by atoms with Gasteiger partial charge in [0, 0.05) is 35.7 Å². The molecule has 136 valence electrons. The molecule has 0 saturated heterocycles. The third-order valence-electron chi connectivity index (χ3n) is 3.69. The minimum atomic E-state index is -0.469. The van der Waals surface area contributed by atoms with Crippen LogP contribution in [0.3, 0.4) is 0 Å². The number of hydrogen-bond donors (Lipinski definition) is 0. The summed E-state index contributed by atoms with van der Waals surface area (Å²) in [5, 5.41) is 10.3. The molecular formula is C19H19FN2O3S. The van der Waals surface area contributed by atoms with Crippen molar-refractivity contribution in [3.8, 4) is 0 Å². The second-order valence-electron chi connectivity index (χ2n) is 5.61. The van der Waals surface area contributed by atoms with Crippen LogP contribution in [-0.4, -0.2) is 27.5 Å². The van der Waals surface area contributed by atoms with E-state index in [2.05, 4.69) is 6.58 Å². The number of hydrogen-bond acceptors (Lipinski definition) is 4. The van der Waals surface area contributed by atoms with Gasteiger partial charge >= 0.3 is 0 Å². The smallest absolute Gasteiger partial charge is 0.269 e. The molecule has 7 heteroatoms. The zero-order valence-corrected chi connectivity index (χ0v) is 15.1. The fourth-order valence-electron chi connectivity index (χ4n) is 2.38. The van der Waals surface area contributed by atoms with Gasteiger partial charge in [0.2, 0.25) is 5.91 Å². The molecule has 2 rings (SSSR count). The third kappa shape index (κ3) is 5.16. The molecule has 0 aromatic heterocycles. The molecule has 0 spiro atoms. The van der Waals surface area contributed by atoms with E-state index in [1.165, 1.54) is 34.9 Å². The predicted molar refractivity (Wildman–Crippen MR) is 100 cm³/mol. The second-order valence-corrected chi connectivity index (χ2v) is 7.02. The SMILES string of the molecule is C=CCN(Cc1ccccc1F)C(=O)C(C)Sc1ccc([N+](=O)[O-])cc1. The van der Waals surface area contributed by atoms with Crippen LogP contribution in [-0.2, 0) is 11.3 Å². The molecule has 0 N–H and O–H groups in total. The number of halogens is 1. The van der Waals surface area contributed by atoms with E-state index in [0.29, 0.717) is 12.1 Å². The number of non-ortho nitro benzene ring substituents is 1. The lowest BCUT2D eigenvalue weighted by Gasteiger charge is -2.24. The number of rotatable bonds is 8. The number of nitro groups is 1. The van der Waals surface area contributed by atoms with E-state index in [9.17, 15) is 19.3 Å². The monoisotopic (exact) mass is 374 g/mol. The Hall–Kier alpha value is -2.67. The van der Waals surface area contributed by atoms with Crippen LogP contribution in [0.2, 0.25) is 0 Å². The maximum absolute atomic E-state index is 13.9. The second kappa shape index (κ2) is 9.15. The van der Waals surface area contributed by atoms with E-state index in [0.717, 1.165) is 4.90 Å². The molecular weight excluding hydrogens is 355 g/mol. The van der Waals surface area contributed by atoms with Crippen molar-refractivity contribution < 1.29 is 14.1 Å². The highest BCUT2D eigenvalue weighted by atomic mass is 32.2. The summed E-state index contributed by atoms with van der Waals surface area (Å²) in [4.78, 5) is 25.3. The van der Waals surface area contributed by atoms with Crippen LogP contribution in [0.1, 0.15) is 12.5 Å². The summed E-state index contributed by atoms with van der Waals surface area (Å²) in [5.41, 5.74) is 0.441. The molecule has 0 fully saturated rings. The maximum atomic E-state index is 13.9. The molecule has 1 unspecified atom stereocenters. The molecule has 0 heterocycles. The van der Waals surface area contributed by atoms with Gasteiger partial charge in [0.25, 0.3) is 5.69 Å². The molecule has 26 heavy (non-hydrogen) atoms. The van der Waals surface area contributed by atoms with Crippen molar-refractivity contribution in [2.45, 2.75) is 23.6 Å². The summed E-state index contributed by atoms with van der Waals surface area (Å²) in [6.45, 7) is 5.87. The quantitative estimate of drug-likeness (QED) is 0.297. The third-order valence-corrected chi connectivity index (χ3v) is 4.79. The molecule has 0 aliphatic rings. The van der Waals surface area contributed by atoms with Crippen molar-refractivity contribution in [3.05, 3.63) is 82.7 Å². The highest BCUT2D eigenvalue weighted by Gasteiger charge is 2.22. The van der Waals surface area contributed by atoms with Crippen LogP contribution < -0.4 is 0 Å². The van der Waals surface area contributed by atoms with Gasteiger partial charge in [-0.05, 0) is 25.1 Å². The molecule has 0 aliphatic heterocycles. The Kier molecular flexibility index (Phi) is 6.91. The van der Waals surface area contributed by atoms with Crippen LogP contribution in [0, 0.1) is 15.9 Å². The van der Waals surface area contributed by atoms with Crippen molar-refractivity contribution >= 4 is 23.4 Å². The van der Waals surface area contributed by atoms with Gasteiger partial charge in [0.05, 0.1) is 10.2 Å². The Morgan fingerprint density at radius 1 is 1.31 bits per heavy atom. The minimum absolute atomic E-state index is 0.00108. The van der Waals surface area contributed by atoms with Gasteiger partial charge in [-0.3, -0.25) is 14.9 Å². The molecule has 1 amide bonds. The summed E-state index contributed by atoms with van der Waals surface area (Å²) in [7, 11) is 0. The Morgan fingerprint density at radius 2 is 1.96 bits per heavy atom. The predicted octanol–water partition coefficient (Wildman–Crippen LogP) is 4.43. The van der Waals surface area contributed by atoms with Gasteiger partial charge in [0.15, 0.2) is 0 Å². The minimum Gasteiger partial charge on any atom is -0.334 e. The van der Waals surface area contributed by atoms with E-state index in [-0.39, 0.29) is 24.0 Å². The Bertz CT molecular complexity index is 796. The van der Waals surface area contributed by atoms with E-state index < -0.39 is 10.2 Å². The molecule has 0 bridgehead atoms. The highest BCUT2D eigenvalue weighted by Crippen LogP contribution is 2.27. The fourth-order valence-corrected chi connectivity index (χ4v) is 3.33. The Balaban J connectivity index is 2.08. The van der Waals surface area contributed by atoms with Crippen molar-refractivity contribution in [2.75, 3.05) is 6.54 Å². The lowest BCUT2D eigenvalue weighted by molar-refractivity contribution is -0.384. The average molecular weight is 374 g/mol. The first-order valence-corrected chi connectivity index (χ1v) is 8.84. The number of benzene rings is 2. The van der Waals surface area contributed by atoms with Crippen LogP contribution in [0.5, 0.6) is 0 Å². The van der Waals surface area contributed by atoms with E-state index in [4.69, 9.17) is 0 Å². The van der Waals surface area contributed by atoms with Gasteiger partial charge in [-0.1, -0.05) is 24.3 Å². The van der Waals surface area contributed by atoms with E-state index in [1.807, 2.05) is 0 Å². The van der Waals surface area contributed by atoms with Gasteiger partial charge < -0.3 is 4.90 Å². The van der Waals surface area contributed by atoms with Gasteiger partial charge in [-0.15, -0.1) is 18.3 Å². The van der Waals surface area contributed by atoms with Crippen molar-refractivity contribution in [1.82, 2.24) is 4.90 Å². The number of nitrogens with zero attached hydrogens (tertiary/aromatic N) is 2. The summed E-state index contributed by atoms with van der Waals surface area (Å²) in [5.74, 6) is -0.512. The molecule has 2 aromatic carbocycles. The summed E-state index contributed by atoms with van der Waals surface area (Å²) < 4.78 is 13.9. The zero-order valence-electron chi connectivity index (χ0n) is 14.3. The number of thioether (sulfide) groups is 1. The number of nitro benzene ring substituents is 1. The standard InChI is InChI=1S/C19H19FN2O3S/c1-3-12-21(13-15-6-4-5-7-18(15)20)19(23)14(2)26-17-10-8-16(9-11-17)22(24)25/h3-11,14H,1,12-13H2,2H3. The maximum Gasteiger partial charge on any atom is 0.269 e. The van der Waals surface area contributed by atoms with Gasteiger partial charge in [0.1, 0.15) is 5.82 Å². The Morgan fingerprint density at radius 3 is 2.54 bits per heavy atom. The fraction of sp³-hybridized carbons (Fsp3) is 0.211. The van der Waals surface area contributed by atoms with E-state index in [1.54, 1.807) is 43.3 Å². The highest BCUT2D eigenvalue weighted by molar-refractivity contribution is 8.00. The molecule has 0 saturated carbocycles. The summed E-state index contributed by atoms with van der Waals surface area (Å²) >= 11 is 1.30. The molecule has 1 atom stereocenters. The lowest BCUT2D eigenvalue weighted by Crippen LogP contribution is -2.36. The van der Waals surface area contributed by atoms with Gasteiger partial charge in [-0.2, -0.15) is 0 Å². The van der Waals surface area contributed by atoms with Crippen LogP contribution in [0.15, 0.2) is 66.1 Å². The average Bonchev–Trinajstić information content (AvgIpc) is 2.63. The summed E-state index contributed by atoms with van der Waals surface area (Å²) in [6, 6.07) is 12.4. The number of amides is 1. The first kappa shape index (κ1) is 19.7. The van der Waals surface area contributed by atoms with Crippen molar-refractivity contribution in [3.63, 3.8) is 0 Å². The first-order chi connectivity index (χ1) is 12.4. The van der Waals surface area contributed by atoms with Crippen LogP contribution in [0.4, 0.5) is 10.1 Å². The van der Waals surface area contributed by atoms with Gasteiger partial charge in [-0.25, -0.2) is 4.39 Å². The van der Waals surface area contributed by atoms with Crippen LogP contribution in [0.25, 0.3) is 0 Å². The molecule has 0 aliphatic carbocycles. The van der Waals surface area contributed by atoms with E-state index >= 15 is 0 Å². The number of carbonyl (C=O) groups is 1. The number of carbonyl (C=O) groups excluding carboxylic acids is 1. The summed E-state index contributed by atoms with van der Waals surface area (Å²) in [6.07, 6.45) is 1.60. The van der Waals surface area contributed by atoms with Crippen molar-refractivity contribution in [2.24, 2.45) is 0 Å².